The van der Waals surface area contributed by atoms with E-state index in [1.165, 1.54) is 13.2 Å². The molecule has 8 nitrogen and oxygen atoms in total. The van der Waals surface area contributed by atoms with Crippen LogP contribution in [0.5, 0.6) is 0 Å². The summed E-state index contributed by atoms with van der Waals surface area (Å²) in [4.78, 5) is 23.9. The summed E-state index contributed by atoms with van der Waals surface area (Å²) in [6.07, 6.45) is 0.773. The van der Waals surface area contributed by atoms with E-state index in [1.54, 1.807) is 0 Å². The molecule has 2 aliphatic carbocycles. The molecule has 0 amide bonds. The Balaban J connectivity index is 1.93. The predicted molar refractivity (Wildman–Crippen MR) is 102 cm³/mol. The van der Waals surface area contributed by atoms with Gasteiger partial charge in [-0.15, -0.1) is 0 Å². The predicted octanol–water partition coefficient (Wildman–Crippen LogP) is 4.09. The van der Waals surface area contributed by atoms with Crippen LogP contribution in [0.25, 0.3) is 0 Å². The van der Waals surface area contributed by atoms with Gasteiger partial charge < -0.3 is 28.4 Å². The minimum absolute atomic E-state index is 0.0805. The molecule has 2 fully saturated rings. The van der Waals surface area contributed by atoms with E-state index in [4.69, 9.17) is 28.4 Å². The summed E-state index contributed by atoms with van der Waals surface area (Å²) in [5.41, 5.74) is 0.463. The molecule has 1 aliphatic heterocycles. The van der Waals surface area contributed by atoms with Crippen LogP contribution < -0.4 is 0 Å². The molecule has 0 N–H and O–H groups in total. The monoisotopic (exact) mass is 410 g/mol. The van der Waals surface area contributed by atoms with Gasteiger partial charge in [0.15, 0.2) is 5.79 Å². The van der Waals surface area contributed by atoms with Crippen molar-refractivity contribution in [1.82, 2.24) is 0 Å². The van der Waals surface area contributed by atoms with Crippen molar-refractivity contribution in [3.05, 3.63) is 24.0 Å². The highest BCUT2D eigenvalue weighted by Gasteiger charge is 2.61. The van der Waals surface area contributed by atoms with Gasteiger partial charge in [0, 0.05) is 24.2 Å². The maximum absolute atomic E-state index is 12.0. The molecular weight excluding hydrogens is 380 g/mol. The first-order valence-corrected chi connectivity index (χ1v) is 9.86. The van der Waals surface area contributed by atoms with Gasteiger partial charge in [-0.25, -0.2) is 9.59 Å². The fraction of sp³-hybridized carbons (Fsp3) is 0.714. The highest BCUT2D eigenvalue weighted by Crippen LogP contribution is 2.57. The van der Waals surface area contributed by atoms with Crippen molar-refractivity contribution in [1.29, 1.82) is 0 Å². The largest absolute Gasteiger partial charge is 0.513 e. The van der Waals surface area contributed by atoms with Crippen LogP contribution in [0.1, 0.15) is 47.0 Å². The number of allylic oxidation sites excluding steroid dienone is 1. The molecule has 8 heteroatoms. The van der Waals surface area contributed by atoms with Crippen LogP contribution in [0.15, 0.2) is 24.0 Å². The number of hydrogen-bond acceptors (Lipinski definition) is 8. The van der Waals surface area contributed by atoms with E-state index in [0.717, 1.165) is 5.57 Å². The molecule has 0 radical (unpaired) electrons. The van der Waals surface area contributed by atoms with E-state index < -0.39 is 29.6 Å². The number of rotatable bonds is 4. The lowest BCUT2D eigenvalue weighted by Crippen LogP contribution is -2.57. The smallest absolute Gasteiger partial charge is 0.438 e. The zero-order valence-electron chi connectivity index (χ0n) is 17.7. The number of ether oxygens (including phenoxy) is 6. The molecule has 1 heterocycles. The zero-order valence-corrected chi connectivity index (χ0v) is 17.7. The molecular formula is C21H30O8. The van der Waals surface area contributed by atoms with E-state index in [1.807, 2.05) is 20.8 Å². The van der Waals surface area contributed by atoms with E-state index in [2.05, 4.69) is 13.5 Å². The van der Waals surface area contributed by atoms with Gasteiger partial charge in [0.1, 0.15) is 18.5 Å². The quantitative estimate of drug-likeness (QED) is 0.506. The molecule has 0 aromatic heterocycles. The highest BCUT2D eigenvalue weighted by molar-refractivity contribution is 5.62. The summed E-state index contributed by atoms with van der Waals surface area (Å²) < 4.78 is 33.1. The lowest BCUT2D eigenvalue weighted by molar-refractivity contribution is -0.151. The summed E-state index contributed by atoms with van der Waals surface area (Å²) in [5.74, 6) is -0.348. The van der Waals surface area contributed by atoms with Gasteiger partial charge >= 0.3 is 12.3 Å². The van der Waals surface area contributed by atoms with E-state index >= 15 is 0 Å². The molecule has 0 aromatic rings. The van der Waals surface area contributed by atoms with Crippen molar-refractivity contribution in [2.45, 2.75) is 71.1 Å². The van der Waals surface area contributed by atoms with Crippen LogP contribution in [0.2, 0.25) is 0 Å². The molecule has 5 atom stereocenters. The van der Waals surface area contributed by atoms with Crippen LogP contribution in [0.4, 0.5) is 9.59 Å². The fourth-order valence-corrected chi connectivity index (χ4v) is 4.93. The lowest BCUT2D eigenvalue weighted by Gasteiger charge is -2.52. The third-order valence-electron chi connectivity index (χ3n) is 6.17. The lowest BCUT2D eigenvalue weighted by atomic mass is 9.56. The number of carbonyl (C=O) groups excluding carboxylic acids is 2. The minimum atomic E-state index is -0.763. The molecule has 1 saturated carbocycles. The second-order valence-electron chi connectivity index (χ2n) is 8.48. The van der Waals surface area contributed by atoms with Crippen molar-refractivity contribution >= 4 is 12.3 Å². The average Bonchev–Trinajstić information content (AvgIpc) is 2.96. The van der Waals surface area contributed by atoms with Crippen LogP contribution >= 0.6 is 0 Å². The molecule has 0 unspecified atom stereocenters. The maximum Gasteiger partial charge on any atom is 0.513 e. The Labute approximate surface area is 171 Å². The summed E-state index contributed by atoms with van der Waals surface area (Å²) in [5, 5.41) is 0. The number of methoxy groups -OCH3 is 1. The van der Waals surface area contributed by atoms with Crippen molar-refractivity contribution in [3.63, 3.8) is 0 Å². The standard InChI is InChI=1S/C21H30O8/c1-7-10-25-19(23)26-13-8-9-21(5)15(27-18(22)24-6)11-14-17(16(21)12(13)2)29-20(3,4)28-14/h7,14-17H,1,8-11H2,2-6H3/t14-,15+,16-,17+,21-/m0/s1. The Morgan fingerprint density at radius 3 is 2.62 bits per heavy atom. The van der Waals surface area contributed by atoms with E-state index in [0.29, 0.717) is 25.0 Å². The Morgan fingerprint density at radius 2 is 1.97 bits per heavy atom. The second-order valence-corrected chi connectivity index (χ2v) is 8.48. The third kappa shape index (κ3) is 4.14. The van der Waals surface area contributed by atoms with Gasteiger partial charge in [-0.1, -0.05) is 19.6 Å². The van der Waals surface area contributed by atoms with Gasteiger partial charge in [-0.3, -0.25) is 0 Å². The highest BCUT2D eigenvalue weighted by atomic mass is 16.8. The zero-order chi connectivity index (χ0) is 21.4. The number of fused-ring (bicyclic) bond motifs is 3. The summed E-state index contributed by atoms with van der Waals surface area (Å²) in [6, 6.07) is 0. The van der Waals surface area contributed by atoms with Gasteiger partial charge in [0.05, 0.1) is 19.3 Å². The van der Waals surface area contributed by atoms with Crippen LogP contribution in [-0.4, -0.2) is 50.1 Å². The fourth-order valence-electron chi connectivity index (χ4n) is 4.93. The van der Waals surface area contributed by atoms with Crippen molar-refractivity contribution in [3.8, 4) is 0 Å². The van der Waals surface area contributed by atoms with E-state index in [-0.39, 0.29) is 24.7 Å². The minimum Gasteiger partial charge on any atom is -0.438 e. The molecule has 1 saturated heterocycles. The summed E-state index contributed by atoms with van der Waals surface area (Å²) >= 11 is 0. The van der Waals surface area contributed by atoms with Gasteiger partial charge in [-0.2, -0.15) is 0 Å². The Hall–Kier alpha value is -2.06. The maximum atomic E-state index is 12.0. The molecule has 162 valence electrons. The third-order valence-corrected chi connectivity index (χ3v) is 6.17. The van der Waals surface area contributed by atoms with Crippen molar-refractivity contribution in [2.75, 3.05) is 13.7 Å². The average molecular weight is 410 g/mol. The first-order valence-electron chi connectivity index (χ1n) is 9.86. The van der Waals surface area contributed by atoms with Crippen LogP contribution in [0.3, 0.4) is 0 Å². The Bertz CT molecular complexity index is 711. The molecule has 0 bridgehead atoms. The molecule has 29 heavy (non-hydrogen) atoms. The Kier molecular flexibility index (Phi) is 5.96. The van der Waals surface area contributed by atoms with Gasteiger partial charge in [-0.05, 0) is 32.8 Å². The van der Waals surface area contributed by atoms with Crippen LogP contribution in [-0.2, 0) is 28.4 Å². The van der Waals surface area contributed by atoms with Crippen molar-refractivity contribution < 1.29 is 38.0 Å². The number of hydrogen-bond donors (Lipinski definition) is 0. The first-order chi connectivity index (χ1) is 13.6. The SMILES string of the molecule is C=CCOC(=O)OC1=C(C)[C@H]2[C@@H]3OC(C)(C)O[C@H]3C[C@@H](OC(=O)OC)[C@]2(C)CC1. The second kappa shape index (κ2) is 7.99. The van der Waals surface area contributed by atoms with Crippen LogP contribution in [0, 0.1) is 11.3 Å². The van der Waals surface area contributed by atoms with Gasteiger partial charge in [0.2, 0.25) is 0 Å². The molecule has 3 rings (SSSR count). The first kappa shape index (κ1) is 21.6. The van der Waals surface area contributed by atoms with Gasteiger partial charge in [0.25, 0.3) is 0 Å². The molecule has 0 spiro atoms. The van der Waals surface area contributed by atoms with Crippen molar-refractivity contribution in [2.24, 2.45) is 11.3 Å². The molecule has 3 aliphatic rings. The topological polar surface area (TPSA) is 89.5 Å². The summed E-state index contributed by atoms with van der Waals surface area (Å²) in [7, 11) is 1.29. The van der Waals surface area contributed by atoms with E-state index in [9.17, 15) is 9.59 Å². The normalized spacial score (nSPS) is 35.2. The Morgan fingerprint density at radius 1 is 1.24 bits per heavy atom. The number of carbonyl (C=O) groups is 2. The molecule has 0 aromatic carbocycles. The summed E-state index contributed by atoms with van der Waals surface area (Å²) in [6.45, 7) is 11.3.